The van der Waals surface area contributed by atoms with E-state index >= 15 is 0 Å². The Morgan fingerprint density at radius 3 is 2.25 bits per heavy atom. The van der Waals surface area contributed by atoms with E-state index in [0.717, 1.165) is 19.3 Å². The molecule has 1 aliphatic rings. The molecule has 6 nitrogen and oxygen atoms in total. The van der Waals surface area contributed by atoms with Gasteiger partial charge in [-0.3, -0.25) is 20.5 Å². The lowest BCUT2D eigenvalue weighted by Gasteiger charge is -2.26. The molecule has 1 unspecified atom stereocenters. The third-order valence-corrected chi connectivity index (χ3v) is 6.03. The van der Waals surface area contributed by atoms with E-state index in [-0.39, 0.29) is 5.71 Å². The van der Waals surface area contributed by atoms with Crippen LogP contribution in [-0.4, -0.2) is 41.4 Å². The smallest absolute Gasteiger partial charge is 0.324 e. The van der Waals surface area contributed by atoms with Gasteiger partial charge in [-0.15, -0.1) is 0 Å². The number of carbonyl (C=O) groups is 2. The van der Waals surface area contributed by atoms with E-state index in [4.69, 9.17) is 40.2 Å². The van der Waals surface area contributed by atoms with Crippen LogP contribution in [0, 0.1) is 11.3 Å². The zero-order valence-corrected chi connectivity index (χ0v) is 19.8. The molecule has 1 aliphatic heterocycles. The van der Waals surface area contributed by atoms with Gasteiger partial charge in [0.25, 0.3) is 5.91 Å². The number of carbonyl (C=O) groups excluding carboxylic acids is 2. The van der Waals surface area contributed by atoms with Crippen molar-refractivity contribution in [3.05, 3.63) is 63.1 Å². The van der Waals surface area contributed by atoms with E-state index in [1.807, 2.05) is 0 Å². The number of nitrogens with one attached hydrogen (secondary N) is 2. The van der Waals surface area contributed by atoms with Crippen molar-refractivity contribution in [3.63, 3.8) is 0 Å². The lowest BCUT2D eigenvalue weighted by molar-refractivity contribution is -0.114. The molecule has 2 N–H and O–H groups in total. The number of likely N-dealkylation sites (tertiary alicyclic amines) is 1. The lowest BCUT2D eigenvalue weighted by Crippen LogP contribution is -2.48. The minimum Gasteiger partial charge on any atom is -0.324 e. The van der Waals surface area contributed by atoms with E-state index in [1.165, 1.54) is 0 Å². The van der Waals surface area contributed by atoms with Crippen molar-refractivity contribution in [3.8, 4) is 0 Å². The summed E-state index contributed by atoms with van der Waals surface area (Å²) in [4.78, 5) is 31.3. The molecule has 0 radical (unpaired) electrons. The molecule has 0 bridgehead atoms. The Bertz CT molecular complexity index is 1050. The third-order valence-electron chi connectivity index (χ3n) is 5.24. The molecule has 2 aromatic carbocycles. The quantitative estimate of drug-likeness (QED) is 0.490. The number of piperidine rings is 1. The van der Waals surface area contributed by atoms with Crippen LogP contribution in [0.5, 0.6) is 0 Å². The molecule has 1 fully saturated rings. The molecule has 9 heteroatoms. The van der Waals surface area contributed by atoms with Crippen LogP contribution in [-0.2, 0) is 4.79 Å². The summed E-state index contributed by atoms with van der Waals surface area (Å²) in [6.45, 7) is 2.90. The Morgan fingerprint density at radius 1 is 1.00 bits per heavy atom. The lowest BCUT2D eigenvalue weighted by atomic mass is 9.93. The highest BCUT2D eigenvalue weighted by Crippen LogP contribution is 2.30. The van der Waals surface area contributed by atoms with Gasteiger partial charge < -0.3 is 4.90 Å². The summed E-state index contributed by atoms with van der Waals surface area (Å²) in [6, 6.07) is 11.3. The topological polar surface area (TPSA) is 85.6 Å². The van der Waals surface area contributed by atoms with Crippen LogP contribution >= 0.6 is 34.8 Å². The standard InChI is InChI=1S/C23H23Cl3N4O2/c1-14(20(27)22(31)29-23(32)30-11-3-2-4-12-30)21(15-5-7-16(24)8-6-15)28-19-10-9-17(25)13-18(19)26/h5-10,13-14,27H,2-4,11-12H2,1H3,(H,29,31,32). The van der Waals surface area contributed by atoms with E-state index in [9.17, 15) is 9.59 Å². The van der Waals surface area contributed by atoms with Gasteiger partial charge in [-0.05, 0) is 55.2 Å². The second kappa shape index (κ2) is 10.9. The molecule has 168 valence electrons. The van der Waals surface area contributed by atoms with Gasteiger partial charge in [-0.2, -0.15) is 0 Å². The number of imide groups is 1. The van der Waals surface area contributed by atoms with Crippen molar-refractivity contribution < 1.29 is 9.59 Å². The maximum atomic E-state index is 12.7. The molecule has 1 saturated heterocycles. The normalized spacial score (nSPS) is 15.2. The molecule has 0 aromatic heterocycles. The number of amides is 3. The second-order valence-corrected chi connectivity index (χ2v) is 8.82. The highest BCUT2D eigenvalue weighted by molar-refractivity contribution is 6.45. The molecule has 0 spiro atoms. The predicted molar refractivity (Wildman–Crippen MR) is 130 cm³/mol. The van der Waals surface area contributed by atoms with E-state index in [2.05, 4.69) is 10.3 Å². The Hall–Kier alpha value is -2.41. The maximum Gasteiger partial charge on any atom is 0.324 e. The maximum absolute atomic E-state index is 12.7. The summed E-state index contributed by atoms with van der Waals surface area (Å²) < 4.78 is 0. The van der Waals surface area contributed by atoms with Crippen LogP contribution in [0.3, 0.4) is 0 Å². The highest BCUT2D eigenvalue weighted by Gasteiger charge is 2.27. The van der Waals surface area contributed by atoms with Crippen molar-refractivity contribution in [2.75, 3.05) is 13.1 Å². The number of rotatable bonds is 5. The van der Waals surface area contributed by atoms with Crippen LogP contribution in [0.15, 0.2) is 47.5 Å². The molecule has 3 amide bonds. The fraction of sp³-hybridized carbons (Fsp3) is 0.304. The number of hydrogen-bond donors (Lipinski definition) is 2. The van der Waals surface area contributed by atoms with Gasteiger partial charge in [-0.25, -0.2) is 4.79 Å². The molecule has 32 heavy (non-hydrogen) atoms. The Labute approximate surface area is 202 Å². The molecule has 3 rings (SSSR count). The van der Waals surface area contributed by atoms with E-state index in [0.29, 0.717) is 45.1 Å². The number of halogens is 3. The molecule has 0 saturated carbocycles. The fourth-order valence-electron chi connectivity index (χ4n) is 3.41. The first-order chi connectivity index (χ1) is 15.3. The molecule has 1 heterocycles. The summed E-state index contributed by atoms with van der Waals surface area (Å²) in [6.07, 6.45) is 2.88. The molecular formula is C23H23Cl3N4O2. The van der Waals surface area contributed by atoms with Crippen LogP contribution < -0.4 is 5.32 Å². The first-order valence-corrected chi connectivity index (χ1v) is 11.4. The summed E-state index contributed by atoms with van der Waals surface area (Å²) in [5, 5.41) is 12.1. The van der Waals surface area contributed by atoms with Crippen LogP contribution in [0.25, 0.3) is 0 Å². The zero-order valence-electron chi connectivity index (χ0n) is 17.5. The minimum atomic E-state index is -0.753. The molecule has 2 aromatic rings. The first kappa shape index (κ1) is 24.2. The van der Waals surface area contributed by atoms with Crippen molar-refractivity contribution in [1.29, 1.82) is 5.41 Å². The van der Waals surface area contributed by atoms with Gasteiger partial charge in [0, 0.05) is 29.1 Å². The largest absolute Gasteiger partial charge is 0.324 e. The van der Waals surface area contributed by atoms with Crippen LogP contribution in [0.1, 0.15) is 31.7 Å². The van der Waals surface area contributed by atoms with Gasteiger partial charge in [0.2, 0.25) is 0 Å². The SMILES string of the molecule is CC(C(=N)C(=O)NC(=O)N1CCCCC1)C(=Nc1ccc(Cl)cc1Cl)c1ccc(Cl)cc1. The number of nitrogens with zero attached hydrogens (tertiary/aromatic N) is 2. The summed E-state index contributed by atoms with van der Waals surface area (Å²) in [7, 11) is 0. The Morgan fingerprint density at radius 2 is 1.62 bits per heavy atom. The zero-order chi connectivity index (χ0) is 23.3. The predicted octanol–water partition coefficient (Wildman–Crippen LogP) is 6.15. The number of benzene rings is 2. The Balaban J connectivity index is 1.87. The summed E-state index contributed by atoms with van der Waals surface area (Å²) in [5.41, 5.74) is 1.28. The van der Waals surface area contributed by atoms with Gasteiger partial charge in [0.05, 0.1) is 16.4 Å². The van der Waals surface area contributed by atoms with Crippen molar-refractivity contribution in [1.82, 2.24) is 10.2 Å². The number of hydrogen-bond acceptors (Lipinski definition) is 4. The van der Waals surface area contributed by atoms with E-state index in [1.54, 1.807) is 54.3 Å². The average molecular weight is 494 g/mol. The number of urea groups is 1. The number of aliphatic imine (C=N–C) groups is 1. The highest BCUT2D eigenvalue weighted by atomic mass is 35.5. The second-order valence-electron chi connectivity index (χ2n) is 7.54. The van der Waals surface area contributed by atoms with Crippen LogP contribution in [0.4, 0.5) is 10.5 Å². The van der Waals surface area contributed by atoms with Gasteiger partial charge >= 0.3 is 6.03 Å². The summed E-state index contributed by atoms with van der Waals surface area (Å²) >= 11 is 18.3. The van der Waals surface area contributed by atoms with Crippen molar-refractivity contribution in [2.24, 2.45) is 10.9 Å². The van der Waals surface area contributed by atoms with Gasteiger partial charge in [0.1, 0.15) is 5.71 Å². The monoisotopic (exact) mass is 492 g/mol. The molecule has 1 atom stereocenters. The summed E-state index contributed by atoms with van der Waals surface area (Å²) in [5.74, 6) is -1.48. The Kier molecular flexibility index (Phi) is 8.29. The molecular weight excluding hydrogens is 471 g/mol. The average Bonchev–Trinajstić information content (AvgIpc) is 2.79. The van der Waals surface area contributed by atoms with Crippen molar-refractivity contribution >= 4 is 63.9 Å². The fourth-order valence-corrected chi connectivity index (χ4v) is 3.98. The van der Waals surface area contributed by atoms with Gasteiger partial charge in [0.15, 0.2) is 0 Å². The third kappa shape index (κ3) is 6.09. The first-order valence-electron chi connectivity index (χ1n) is 10.2. The van der Waals surface area contributed by atoms with Gasteiger partial charge in [-0.1, -0.05) is 53.9 Å². The van der Waals surface area contributed by atoms with Crippen LogP contribution in [0.2, 0.25) is 15.1 Å². The molecule has 0 aliphatic carbocycles. The van der Waals surface area contributed by atoms with Crippen molar-refractivity contribution in [2.45, 2.75) is 26.2 Å². The minimum absolute atomic E-state index is 0.283. The van der Waals surface area contributed by atoms with E-state index < -0.39 is 17.9 Å².